The Balaban J connectivity index is 1.74. The van der Waals surface area contributed by atoms with Crippen LogP contribution in [0, 0.1) is 6.92 Å². The lowest BCUT2D eigenvalue weighted by Crippen LogP contribution is -2.08. The van der Waals surface area contributed by atoms with Crippen molar-refractivity contribution in [2.45, 2.75) is 19.9 Å². The zero-order chi connectivity index (χ0) is 15.5. The van der Waals surface area contributed by atoms with Crippen LogP contribution in [0.3, 0.4) is 0 Å². The van der Waals surface area contributed by atoms with Gasteiger partial charge in [-0.15, -0.1) is 5.10 Å². The van der Waals surface area contributed by atoms with Gasteiger partial charge in [-0.25, -0.2) is 9.67 Å². The Bertz CT molecular complexity index is 753. The molecule has 0 aliphatic heterocycles. The second kappa shape index (κ2) is 6.27. The quantitative estimate of drug-likeness (QED) is 0.768. The molecule has 22 heavy (non-hydrogen) atoms. The molecule has 0 aliphatic carbocycles. The van der Waals surface area contributed by atoms with Crippen LogP contribution in [0.2, 0.25) is 0 Å². The van der Waals surface area contributed by atoms with Gasteiger partial charge in [0.15, 0.2) is 0 Å². The van der Waals surface area contributed by atoms with Crippen LogP contribution in [0.15, 0.2) is 53.3 Å². The molecule has 0 saturated carbocycles. The Morgan fingerprint density at radius 2 is 1.91 bits per heavy atom. The first-order valence-electron chi connectivity index (χ1n) is 7.00. The van der Waals surface area contributed by atoms with E-state index in [2.05, 4.69) is 55.6 Å². The van der Waals surface area contributed by atoms with Crippen molar-refractivity contribution < 1.29 is 0 Å². The molecule has 3 rings (SSSR count). The molecule has 0 fully saturated rings. The monoisotopic (exact) mass is 357 g/mol. The van der Waals surface area contributed by atoms with Gasteiger partial charge in [0, 0.05) is 10.5 Å². The number of nitrogens with zero attached hydrogens (tertiary/aromatic N) is 4. The topological polar surface area (TPSA) is 55.6 Å². The van der Waals surface area contributed by atoms with E-state index >= 15 is 0 Å². The maximum absolute atomic E-state index is 4.52. The van der Waals surface area contributed by atoms with Crippen LogP contribution < -0.4 is 5.32 Å². The first-order valence-corrected chi connectivity index (χ1v) is 7.79. The van der Waals surface area contributed by atoms with Crippen molar-refractivity contribution in [1.82, 2.24) is 20.0 Å². The fourth-order valence-corrected chi connectivity index (χ4v) is 2.41. The summed E-state index contributed by atoms with van der Waals surface area (Å²) >= 11 is 3.46. The van der Waals surface area contributed by atoms with E-state index in [4.69, 9.17) is 0 Å². The second-order valence-corrected chi connectivity index (χ2v) is 5.92. The lowest BCUT2D eigenvalue weighted by molar-refractivity contribution is 0.800. The van der Waals surface area contributed by atoms with Gasteiger partial charge in [0.25, 0.3) is 0 Å². The summed E-state index contributed by atoms with van der Waals surface area (Å²) in [6.07, 6.45) is 3.49. The molecule has 6 heteroatoms. The highest BCUT2D eigenvalue weighted by Crippen LogP contribution is 2.22. The molecule has 0 bridgehead atoms. The van der Waals surface area contributed by atoms with Gasteiger partial charge in [-0.05, 0) is 59.6 Å². The fourth-order valence-electron chi connectivity index (χ4n) is 2.19. The Labute approximate surface area is 137 Å². The van der Waals surface area contributed by atoms with E-state index in [0.717, 1.165) is 21.7 Å². The molecule has 3 aromatic rings. The lowest BCUT2D eigenvalue weighted by atomic mass is 10.1. The average Bonchev–Trinajstić information content (AvgIpc) is 3.05. The lowest BCUT2D eigenvalue weighted by Gasteiger charge is -2.16. The molecule has 1 unspecified atom stereocenters. The number of rotatable bonds is 4. The molecule has 1 atom stereocenters. The Morgan fingerprint density at radius 1 is 1.14 bits per heavy atom. The highest BCUT2D eigenvalue weighted by atomic mass is 79.9. The fraction of sp³-hybridized carbons (Fsp3) is 0.188. The van der Waals surface area contributed by atoms with Crippen molar-refractivity contribution in [1.29, 1.82) is 0 Å². The van der Waals surface area contributed by atoms with Crippen molar-refractivity contribution >= 4 is 21.7 Å². The van der Waals surface area contributed by atoms with Gasteiger partial charge in [0.05, 0.1) is 23.8 Å². The number of hydrogen-bond acceptors (Lipinski definition) is 4. The number of pyridine rings is 1. The summed E-state index contributed by atoms with van der Waals surface area (Å²) in [5.74, 6) is 0.869. The molecule has 112 valence electrons. The average molecular weight is 358 g/mol. The van der Waals surface area contributed by atoms with Crippen LogP contribution in [0.25, 0.3) is 5.69 Å². The highest BCUT2D eigenvalue weighted by Gasteiger charge is 2.07. The Kier molecular flexibility index (Phi) is 4.20. The molecule has 0 amide bonds. The van der Waals surface area contributed by atoms with E-state index in [-0.39, 0.29) is 6.04 Å². The summed E-state index contributed by atoms with van der Waals surface area (Å²) in [6, 6.07) is 12.4. The van der Waals surface area contributed by atoms with E-state index in [0.29, 0.717) is 0 Å². The molecule has 2 heterocycles. The highest BCUT2D eigenvalue weighted by molar-refractivity contribution is 9.10. The number of benzene rings is 1. The Morgan fingerprint density at radius 3 is 2.55 bits per heavy atom. The molecule has 0 spiro atoms. The first-order chi connectivity index (χ1) is 10.6. The molecule has 1 aromatic carbocycles. The summed E-state index contributed by atoms with van der Waals surface area (Å²) in [5, 5.41) is 11.2. The molecule has 5 nitrogen and oxygen atoms in total. The Hall–Kier alpha value is -2.21. The molecule has 2 aromatic heterocycles. The maximum Gasteiger partial charge on any atom is 0.126 e. The minimum Gasteiger partial charge on any atom is -0.364 e. The number of aromatic nitrogens is 4. The zero-order valence-corrected chi connectivity index (χ0v) is 13.9. The number of aryl methyl sites for hydroxylation is 1. The van der Waals surface area contributed by atoms with E-state index in [1.54, 1.807) is 10.9 Å². The van der Waals surface area contributed by atoms with E-state index in [9.17, 15) is 0 Å². The summed E-state index contributed by atoms with van der Waals surface area (Å²) in [7, 11) is 0. The SMILES string of the molecule is Cc1nc(NC(C)c2ccc(-n3ccnn3)cc2)ccc1Br. The molecule has 0 saturated heterocycles. The molecule has 0 aliphatic rings. The van der Waals surface area contributed by atoms with Crippen LogP contribution in [-0.2, 0) is 0 Å². The van der Waals surface area contributed by atoms with Crippen LogP contribution in [0.4, 0.5) is 5.82 Å². The minimum atomic E-state index is 0.165. The van der Waals surface area contributed by atoms with Crippen molar-refractivity contribution in [3.8, 4) is 5.69 Å². The second-order valence-electron chi connectivity index (χ2n) is 5.07. The van der Waals surface area contributed by atoms with Gasteiger partial charge in [-0.2, -0.15) is 0 Å². The van der Waals surface area contributed by atoms with Crippen molar-refractivity contribution in [3.63, 3.8) is 0 Å². The smallest absolute Gasteiger partial charge is 0.126 e. The van der Waals surface area contributed by atoms with Crippen molar-refractivity contribution in [2.24, 2.45) is 0 Å². The number of anilines is 1. The zero-order valence-electron chi connectivity index (χ0n) is 12.4. The molecular weight excluding hydrogens is 342 g/mol. The van der Waals surface area contributed by atoms with Gasteiger partial charge < -0.3 is 5.32 Å². The predicted molar refractivity (Wildman–Crippen MR) is 90.1 cm³/mol. The summed E-state index contributed by atoms with van der Waals surface area (Å²) < 4.78 is 2.75. The van der Waals surface area contributed by atoms with Gasteiger partial charge >= 0.3 is 0 Å². The molecular formula is C16H16BrN5. The largest absolute Gasteiger partial charge is 0.364 e. The van der Waals surface area contributed by atoms with Crippen LogP contribution in [0.5, 0.6) is 0 Å². The third kappa shape index (κ3) is 3.17. The first kappa shape index (κ1) is 14.7. The molecule has 1 N–H and O–H groups in total. The van der Waals surface area contributed by atoms with Crippen molar-refractivity contribution in [3.05, 3.63) is 64.5 Å². The van der Waals surface area contributed by atoms with Crippen LogP contribution in [0.1, 0.15) is 24.2 Å². The summed E-state index contributed by atoms with van der Waals surface area (Å²) in [4.78, 5) is 4.52. The van der Waals surface area contributed by atoms with Gasteiger partial charge in [-0.1, -0.05) is 17.3 Å². The minimum absolute atomic E-state index is 0.165. The number of nitrogens with one attached hydrogen (secondary N) is 1. The normalized spacial score (nSPS) is 12.1. The van der Waals surface area contributed by atoms with E-state index in [1.165, 1.54) is 5.56 Å². The summed E-state index contributed by atoms with van der Waals surface area (Å²) in [6.45, 7) is 4.09. The van der Waals surface area contributed by atoms with Crippen LogP contribution >= 0.6 is 15.9 Å². The van der Waals surface area contributed by atoms with Crippen molar-refractivity contribution in [2.75, 3.05) is 5.32 Å². The van der Waals surface area contributed by atoms with Gasteiger partial charge in [-0.3, -0.25) is 0 Å². The standard InChI is InChI=1S/C16H16BrN5/c1-11(19-16-8-7-15(17)12(2)20-16)13-3-5-14(6-4-13)22-10-9-18-21-22/h3-11H,1-2H3,(H,19,20). The summed E-state index contributed by atoms with van der Waals surface area (Å²) in [5.41, 5.74) is 3.15. The molecule has 0 radical (unpaired) electrons. The predicted octanol–water partition coefficient (Wildman–Crippen LogP) is 3.91. The van der Waals surface area contributed by atoms with Gasteiger partial charge in [0.1, 0.15) is 5.82 Å². The van der Waals surface area contributed by atoms with Crippen LogP contribution in [-0.4, -0.2) is 20.0 Å². The third-order valence-electron chi connectivity index (χ3n) is 3.47. The van der Waals surface area contributed by atoms with E-state index in [1.807, 2.05) is 37.4 Å². The number of hydrogen-bond donors (Lipinski definition) is 1. The van der Waals surface area contributed by atoms with Gasteiger partial charge in [0.2, 0.25) is 0 Å². The third-order valence-corrected chi connectivity index (χ3v) is 4.30. The van der Waals surface area contributed by atoms with E-state index < -0.39 is 0 Å². The number of halogens is 1. The maximum atomic E-state index is 4.52.